The summed E-state index contributed by atoms with van der Waals surface area (Å²) in [4.78, 5) is 14.7. The summed E-state index contributed by atoms with van der Waals surface area (Å²) in [5.74, 6) is 0. The van der Waals surface area contributed by atoms with Gasteiger partial charge in [-0.3, -0.25) is 4.90 Å². The number of ether oxygens (including phenoxy) is 1. The zero-order chi connectivity index (χ0) is 19.4. The van der Waals surface area contributed by atoms with Gasteiger partial charge in [-0.1, -0.05) is 38.3 Å². The van der Waals surface area contributed by atoms with Gasteiger partial charge >= 0.3 is 5.63 Å². The average Bonchev–Trinajstić information content (AvgIpc) is 2.74. The van der Waals surface area contributed by atoms with Gasteiger partial charge in [-0.15, -0.1) is 0 Å². The fourth-order valence-electron chi connectivity index (χ4n) is 4.92. The van der Waals surface area contributed by atoms with Crippen LogP contribution in [0.4, 0.5) is 0 Å². The molecule has 1 aliphatic carbocycles. The van der Waals surface area contributed by atoms with Crippen LogP contribution in [0.1, 0.15) is 50.2 Å². The van der Waals surface area contributed by atoms with Crippen molar-refractivity contribution in [2.45, 2.75) is 57.5 Å². The zero-order valence-corrected chi connectivity index (χ0v) is 17.0. The minimum absolute atomic E-state index is 0.229. The van der Waals surface area contributed by atoms with E-state index in [2.05, 4.69) is 29.3 Å². The molecule has 152 valence electrons. The van der Waals surface area contributed by atoms with Crippen molar-refractivity contribution in [1.29, 1.82) is 0 Å². The molecule has 28 heavy (non-hydrogen) atoms. The van der Waals surface area contributed by atoms with Crippen molar-refractivity contribution in [2.24, 2.45) is 0 Å². The van der Waals surface area contributed by atoms with E-state index >= 15 is 0 Å². The minimum atomic E-state index is -0.266. The van der Waals surface area contributed by atoms with Crippen LogP contribution in [0.3, 0.4) is 0 Å². The van der Waals surface area contributed by atoms with Gasteiger partial charge in [0, 0.05) is 43.2 Å². The summed E-state index contributed by atoms with van der Waals surface area (Å²) < 4.78 is 11.0. The van der Waals surface area contributed by atoms with E-state index < -0.39 is 0 Å². The number of hydrogen-bond donors (Lipinski definition) is 1. The van der Waals surface area contributed by atoms with E-state index in [1.165, 1.54) is 37.7 Å². The molecule has 1 aliphatic heterocycles. The van der Waals surface area contributed by atoms with Gasteiger partial charge in [-0.2, -0.15) is 0 Å². The molecule has 0 bridgehead atoms. The highest BCUT2D eigenvalue weighted by Gasteiger charge is 2.38. The molecule has 0 amide bonds. The quantitative estimate of drug-likeness (QED) is 0.773. The highest BCUT2D eigenvalue weighted by molar-refractivity contribution is 5.80. The molecule has 2 heterocycles. The van der Waals surface area contributed by atoms with Crippen LogP contribution >= 0.6 is 0 Å². The predicted octanol–water partition coefficient (Wildman–Crippen LogP) is 3.48. The lowest BCUT2D eigenvalue weighted by atomic mass is 9.79. The Morgan fingerprint density at radius 2 is 1.89 bits per heavy atom. The predicted molar refractivity (Wildman–Crippen MR) is 112 cm³/mol. The Bertz CT molecular complexity index is 849. The molecule has 1 aromatic carbocycles. The van der Waals surface area contributed by atoms with Crippen LogP contribution in [-0.4, -0.2) is 43.3 Å². The summed E-state index contributed by atoms with van der Waals surface area (Å²) in [6.07, 6.45) is 7.38. The monoisotopic (exact) mass is 384 g/mol. The number of hydrogen-bond acceptors (Lipinski definition) is 5. The molecule has 1 aromatic heterocycles. The van der Waals surface area contributed by atoms with Crippen LogP contribution in [0.15, 0.2) is 33.5 Å². The standard InChI is InChI=1S/C23H32N2O3/c1-2-18-6-7-20-19(15-22(26)28-21(20)14-18)16-24-17-23(8-4-3-5-9-23)25-10-12-27-13-11-25/h6-7,14-15,24H,2-5,8-13,16-17H2,1H3. The van der Waals surface area contributed by atoms with Gasteiger partial charge in [0.05, 0.1) is 13.2 Å². The number of benzene rings is 1. The maximum Gasteiger partial charge on any atom is 0.336 e. The molecule has 5 heteroatoms. The number of morpholine rings is 1. The number of fused-ring (bicyclic) bond motifs is 1. The van der Waals surface area contributed by atoms with Crippen molar-refractivity contribution in [3.63, 3.8) is 0 Å². The normalized spacial score (nSPS) is 20.5. The van der Waals surface area contributed by atoms with E-state index in [1.54, 1.807) is 6.07 Å². The lowest BCUT2D eigenvalue weighted by molar-refractivity contribution is -0.0369. The third kappa shape index (κ3) is 4.17. The van der Waals surface area contributed by atoms with Gasteiger partial charge in [0.1, 0.15) is 5.58 Å². The molecule has 4 rings (SSSR count). The van der Waals surface area contributed by atoms with Gasteiger partial charge in [0.2, 0.25) is 0 Å². The van der Waals surface area contributed by atoms with Crippen molar-refractivity contribution in [2.75, 3.05) is 32.8 Å². The van der Waals surface area contributed by atoms with Crippen LogP contribution in [0.5, 0.6) is 0 Å². The fourth-order valence-corrected chi connectivity index (χ4v) is 4.92. The zero-order valence-electron chi connectivity index (χ0n) is 17.0. The second kappa shape index (κ2) is 8.76. The molecular formula is C23H32N2O3. The molecular weight excluding hydrogens is 352 g/mol. The van der Waals surface area contributed by atoms with Crippen molar-refractivity contribution in [3.05, 3.63) is 45.8 Å². The third-order valence-electron chi connectivity index (χ3n) is 6.54. The lowest BCUT2D eigenvalue weighted by Gasteiger charge is -2.48. The highest BCUT2D eigenvalue weighted by Crippen LogP contribution is 2.34. The molecule has 2 aromatic rings. The van der Waals surface area contributed by atoms with Crippen molar-refractivity contribution in [3.8, 4) is 0 Å². The van der Waals surface area contributed by atoms with E-state index in [0.29, 0.717) is 12.1 Å². The first kappa shape index (κ1) is 19.6. The average molecular weight is 385 g/mol. The number of nitrogens with zero attached hydrogens (tertiary/aromatic N) is 1. The maximum absolute atomic E-state index is 12.1. The van der Waals surface area contributed by atoms with E-state index in [1.807, 2.05) is 6.07 Å². The SMILES string of the molecule is CCc1ccc2c(CNCC3(N4CCOCC4)CCCCC3)cc(=O)oc2c1. The summed E-state index contributed by atoms with van der Waals surface area (Å²) in [7, 11) is 0. The lowest BCUT2D eigenvalue weighted by Crippen LogP contribution is -2.59. The maximum atomic E-state index is 12.1. The molecule has 2 fully saturated rings. The van der Waals surface area contributed by atoms with Crippen LogP contribution in [0.25, 0.3) is 11.0 Å². The van der Waals surface area contributed by atoms with E-state index in [4.69, 9.17) is 9.15 Å². The Morgan fingerprint density at radius 1 is 1.11 bits per heavy atom. The van der Waals surface area contributed by atoms with E-state index in [9.17, 15) is 4.79 Å². The molecule has 5 nitrogen and oxygen atoms in total. The van der Waals surface area contributed by atoms with Gasteiger partial charge in [-0.25, -0.2) is 4.79 Å². The van der Waals surface area contributed by atoms with Gasteiger partial charge in [-0.05, 0) is 36.5 Å². The first-order valence-corrected chi connectivity index (χ1v) is 10.8. The molecule has 0 radical (unpaired) electrons. The summed E-state index contributed by atoms with van der Waals surface area (Å²) >= 11 is 0. The largest absolute Gasteiger partial charge is 0.423 e. The molecule has 1 N–H and O–H groups in total. The van der Waals surface area contributed by atoms with Crippen molar-refractivity contribution in [1.82, 2.24) is 10.2 Å². The third-order valence-corrected chi connectivity index (χ3v) is 6.54. The summed E-state index contributed by atoms with van der Waals surface area (Å²) in [6.45, 7) is 7.50. The molecule has 0 unspecified atom stereocenters. The van der Waals surface area contributed by atoms with Gasteiger partial charge < -0.3 is 14.5 Å². The number of aryl methyl sites for hydroxylation is 1. The molecule has 1 saturated heterocycles. The van der Waals surface area contributed by atoms with Crippen molar-refractivity contribution < 1.29 is 9.15 Å². The Hall–Kier alpha value is -1.69. The molecule has 0 spiro atoms. The second-order valence-electron chi connectivity index (χ2n) is 8.26. The van der Waals surface area contributed by atoms with E-state index in [-0.39, 0.29) is 11.2 Å². The van der Waals surface area contributed by atoms with E-state index in [0.717, 1.165) is 50.2 Å². The molecule has 1 saturated carbocycles. The number of rotatable bonds is 6. The van der Waals surface area contributed by atoms with Crippen LogP contribution < -0.4 is 10.9 Å². The van der Waals surface area contributed by atoms with Crippen LogP contribution in [0.2, 0.25) is 0 Å². The van der Waals surface area contributed by atoms with Crippen LogP contribution in [-0.2, 0) is 17.7 Å². The summed E-state index contributed by atoms with van der Waals surface area (Å²) in [5, 5.41) is 4.73. The summed E-state index contributed by atoms with van der Waals surface area (Å²) in [6, 6.07) is 7.86. The Balaban J connectivity index is 1.51. The number of nitrogens with one attached hydrogen (secondary N) is 1. The smallest absolute Gasteiger partial charge is 0.336 e. The fraction of sp³-hybridized carbons (Fsp3) is 0.609. The first-order valence-electron chi connectivity index (χ1n) is 10.8. The van der Waals surface area contributed by atoms with Gasteiger partial charge in [0.15, 0.2) is 0 Å². The van der Waals surface area contributed by atoms with Gasteiger partial charge in [0.25, 0.3) is 0 Å². The Labute approximate surface area is 167 Å². The first-order chi connectivity index (χ1) is 13.7. The second-order valence-corrected chi connectivity index (χ2v) is 8.26. The molecule has 2 aliphatic rings. The minimum Gasteiger partial charge on any atom is -0.423 e. The van der Waals surface area contributed by atoms with Crippen molar-refractivity contribution >= 4 is 11.0 Å². The Morgan fingerprint density at radius 3 is 2.64 bits per heavy atom. The van der Waals surface area contributed by atoms with Crippen LogP contribution in [0, 0.1) is 0 Å². The Kier molecular flexibility index (Phi) is 6.14. The molecule has 0 atom stereocenters. The summed E-state index contributed by atoms with van der Waals surface area (Å²) in [5.41, 5.74) is 2.88. The highest BCUT2D eigenvalue weighted by atomic mass is 16.5. The topological polar surface area (TPSA) is 54.7 Å².